The van der Waals surface area contributed by atoms with Crippen LogP contribution in [-0.4, -0.2) is 41.7 Å². The van der Waals surface area contributed by atoms with E-state index in [2.05, 4.69) is 10.6 Å². The molecule has 0 heterocycles. The summed E-state index contributed by atoms with van der Waals surface area (Å²) in [6.45, 7) is 8.63. The smallest absolute Gasteiger partial charge is 0.239 e. The van der Waals surface area contributed by atoms with Crippen LogP contribution in [0.3, 0.4) is 0 Å². The molecular weight excluding hydrogens is 298 g/mol. The van der Waals surface area contributed by atoms with Crippen LogP contribution in [0.15, 0.2) is 24.3 Å². The molecule has 1 aromatic rings. The van der Waals surface area contributed by atoms with Crippen LogP contribution in [0, 0.1) is 0 Å². The molecule has 0 spiro atoms. The number of nitrogens with zero attached hydrogens (tertiary/aromatic N) is 1. The van der Waals surface area contributed by atoms with Gasteiger partial charge in [0.05, 0.1) is 13.2 Å². The fraction of sp³-hybridized carbons (Fsp3) is 0.500. The molecule has 0 aliphatic rings. The normalized spacial score (nSPS) is 10.8. The van der Waals surface area contributed by atoms with Crippen molar-refractivity contribution in [3.63, 3.8) is 0 Å². The zero-order valence-corrected chi connectivity index (χ0v) is 14.7. The van der Waals surface area contributed by atoms with Gasteiger partial charge in [-0.2, -0.15) is 0 Å². The largest absolute Gasteiger partial charge is 0.494 e. The molecule has 0 unspecified atom stereocenters. The number of hydrogen-bond donors (Lipinski definition) is 2. The predicted molar refractivity (Wildman–Crippen MR) is 94.4 cm³/mol. The van der Waals surface area contributed by atoms with E-state index in [4.69, 9.17) is 17.0 Å². The van der Waals surface area contributed by atoms with Gasteiger partial charge in [-0.25, -0.2) is 0 Å². The number of thiocarbonyl (C=S) groups is 1. The molecule has 0 saturated heterocycles. The number of amides is 1. The topological polar surface area (TPSA) is 53.6 Å². The SMILES string of the molecule is CCOc1ccc(NC(=S)N(C)CC(=O)NC(C)(C)C)cc1. The maximum atomic E-state index is 11.9. The third-order valence-corrected chi connectivity index (χ3v) is 3.07. The molecule has 2 N–H and O–H groups in total. The van der Waals surface area contributed by atoms with Crippen molar-refractivity contribution in [2.24, 2.45) is 0 Å². The molecule has 6 heteroatoms. The maximum absolute atomic E-state index is 11.9. The van der Waals surface area contributed by atoms with Crippen molar-refractivity contribution in [1.29, 1.82) is 0 Å². The van der Waals surface area contributed by atoms with Gasteiger partial charge in [-0.05, 0) is 64.2 Å². The highest BCUT2D eigenvalue weighted by Crippen LogP contribution is 2.15. The van der Waals surface area contributed by atoms with E-state index < -0.39 is 0 Å². The second-order valence-corrected chi connectivity index (χ2v) is 6.43. The molecule has 0 aromatic heterocycles. The zero-order chi connectivity index (χ0) is 16.8. The Morgan fingerprint density at radius 2 is 1.86 bits per heavy atom. The Morgan fingerprint density at radius 1 is 1.27 bits per heavy atom. The van der Waals surface area contributed by atoms with Crippen molar-refractivity contribution < 1.29 is 9.53 Å². The molecule has 22 heavy (non-hydrogen) atoms. The van der Waals surface area contributed by atoms with Crippen molar-refractivity contribution in [2.75, 3.05) is 25.5 Å². The van der Waals surface area contributed by atoms with E-state index in [1.165, 1.54) is 0 Å². The number of nitrogens with one attached hydrogen (secondary N) is 2. The molecule has 1 rings (SSSR count). The minimum absolute atomic E-state index is 0.0640. The number of rotatable bonds is 5. The summed E-state index contributed by atoms with van der Waals surface area (Å²) in [6.07, 6.45) is 0. The number of benzene rings is 1. The predicted octanol–water partition coefficient (Wildman–Crippen LogP) is 2.63. The number of carbonyl (C=O) groups excluding carboxylic acids is 1. The van der Waals surface area contributed by atoms with E-state index in [1.54, 1.807) is 11.9 Å². The van der Waals surface area contributed by atoms with Crippen LogP contribution in [0.5, 0.6) is 5.75 Å². The second kappa shape index (κ2) is 7.98. The van der Waals surface area contributed by atoms with Crippen LogP contribution in [0.25, 0.3) is 0 Å². The minimum atomic E-state index is -0.248. The Morgan fingerprint density at radius 3 is 2.36 bits per heavy atom. The van der Waals surface area contributed by atoms with Crippen molar-refractivity contribution in [1.82, 2.24) is 10.2 Å². The van der Waals surface area contributed by atoms with Crippen molar-refractivity contribution in [3.05, 3.63) is 24.3 Å². The molecule has 0 atom stereocenters. The van der Waals surface area contributed by atoms with Gasteiger partial charge in [0, 0.05) is 18.3 Å². The lowest BCUT2D eigenvalue weighted by molar-refractivity contribution is -0.122. The van der Waals surface area contributed by atoms with Crippen molar-refractivity contribution in [3.8, 4) is 5.75 Å². The Kier molecular flexibility index (Phi) is 6.61. The number of hydrogen-bond acceptors (Lipinski definition) is 3. The molecule has 1 aromatic carbocycles. The first-order valence-electron chi connectivity index (χ1n) is 7.27. The molecule has 1 amide bonds. The van der Waals surface area contributed by atoms with E-state index >= 15 is 0 Å². The van der Waals surface area contributed by atoms with Gasteiger partial charge in [0.25, 0.3) is 0 Å². The van der Waals surface area contributed by atoms with Gasteiger partial charge in [-0.3, -0.25) is 4.79 Å². The molecule has 0 bridgehead atoms. The van der Waals surface area contributed by atoms with Crippen LogP contribution in [-0.2, 0) is 4.79 Å². The van der Waals surface area contributed by atoms with Crippen LogP contribution in [0.4, 0.5) is 5.69 Å². The van der Waals surface area contributed by atoms with Gasteiger partial charge in [-0.15, -0.1) is 0 Å². The maximum Gasteiger partial charge on any atom is 0.239 e. The summed E-state index contributed by atoms with van der Waals surface area (Å²) in [7, 11) is 1.78. The summed E-state index contributed by atoms with van der Waals surface area (Å²) < 4.78 is 5.39. The van der Waals surface area contributed by atoms with Gasteiger partial charge in [0.15, 0.2) is 5.11 Å². The third-order valence-electron chi connectivity index (χ3n) is 2.66. The highest BCUT2D eigenvalue weighted by molar-refractivity contribution is 7.80. The lowest BCUT2D eigenvalue weighted by atomic mass is 10.1. The van der Waals surface area contributed by atoms with Crippen LogP contribution < -0.4 is 15.4 Å². The summed E-state index contributed by atoms with van der Waals surface area (Å²) in [5, 5.41) is 6.50. The Bertz CT molecular complexity index is 509. The Hall–Kier alpha value is -1.82. The second-order valence-electron chi connectivity index (χ2n) is 6.04. The molecule has 0 radical (unpaired) electrons. The number of ether oxygens (including phenoxy) is 1. The summed E-state index contributed by atoms with van der Waals surface area (Å²) in [5.74, 6) is 0.753. The molecule has 0 saturated carbocycles. The first-order chi connectivity index (χ1) is 10.2. The van der Waals surface area contributed by atoms with E-state index in [0.29, 0.717) is 11.7 Å². The molecule has 122 valence electrons. The summed E-state index contributed by atoms with van der Waals surface area (Å²) >= 11 is 5.31. The first-order valence-corrected chi connectivity index (χ1v) is 7.68. The average molecular weight is 323 g/mol. The fourth-order valence-electron chi connectivity index (χ4n) is 1.77. The standard InChI is InChI=1S/C16H25N3O2S/c1-6-21-13-9-7-12(8-10-13)17-15(22)19(5)11-14(20)18-16(2,3)4/h7-10H,6,11H2,1-5H3,(H,17,22)(H,18,20). The Balaban J connectivity index is 2.51. The number of anilines is 1. The molecular formula is C16H25N3O2S. The third kappa shape index (κ3) is 6.76. The Labute approximate surface area is 138 Å². The molecule has 5 nitrogen and oxygen atoms in total. The highest BCUT2D eigenvalue weighted by atomic mass is 32.1. The lowest BCUT2D eigenvalue weighted by Gasteiger charge is -2.25. The van der Waals surface area contributed by atoms with Gasteiger partial charge in [0.2, 0.25) is 5.91 Å². The van der Waals surface area contributed by atoms with Gasteiger partial charge in [-0.1, -0.05) is 0 Å². The summed E-state index contributed by atoms with van der Waals surface area (Å²) in [5.41, 5.74) is 0.610. The summed E-state index contributed by atoms with van der Waals surface area (Å²) in [4.78, 5) is 13.6. The van der Waals surface area contributed by atoms with Crippen LogP contribution in [0.2, 0.25) is 0 Å². The van der Waals surface area contributed by atoms with Crippen LogP contribution in [0.1, 0.15) is 27.7 Å². The summed E-state index contributed by atoms with van der Waals surface area (Å²) in [6, 6.07) is 7.53. The van der Waals surface area contributed by atoms with Gasteiger partial charge >= 0.3 is 0 Å². The van der Waals surface area contributed by atoms with Gasteiger partial charge < -0.3 is 20.3 Å². The average Bonchev–Trinajstić information content (AvgIpc) is 2.39. The number of carbonyl (C=O) groups is 1. The van der Waals surface area contributed by atoms with Crippen molar-refractivity contribution >= 4 is 28.9 Å². The lowest BCUT2D eigenvalue weighted by Crippen LogP contribution is -2.47. The molecule has 0 aliphatic carbocycles. The number of likely N-dealkylation sites (N-methyl/N-ethyl adjacent to an activating group) is 1. The van der Waals surface area contributed by atoms with Crippen molar-refractivity contribution in [2.45, 2.75) is 33.2 Å². The van der Waals surface area contributed by atoms with E-state index in [1.807, 2.05) is 52.0 Å². The molecule has 0 aliphatic heterocycles. The molecule has 0 fully saturated rings. The monoisotopic (exact) mass is 323 g/mol. The van der Waals surface area contributed by atoms with E-state index in [0.717, 1.165) is 11.4 Å². The first kappa shape index (κ1) is 18.2. The minimum Gasteiger partial charge on any atom is -0.494 e. The van der Waals surface area contributed by atoms with E-state index in [9.17, 15) is 4.79 Å². The van der Waals surface area contributed by atoms with E-state index in [-0.39, 0.29) is 18.0 Å². The highest BCUT2D eigenvalue weighted by Gasteiger charge is 2.16. The van der Waals surface area contributed by atoms with Crippen LogP contribution >= 0.6 is 12.2 Å². The fourth-order valence-corrected chi connectivity index (χ4v) is 1.95. The quantitative estimate of drug-likeness (QED) is 0.816. The van der Waals surface area contributed by atoms with Gasteiger partial charge in [0.1, 0.15) is 5.75 Å². The zero-order valence-electron chi connectivity index (χ0n) is 13.9.